The predicted molar refractivity (Wildman–Crippen MR) is 75.6 cm³/mol. The Labute approximate surface area is 120 Å². The van der Waals surface area contributed by atoms with E-state index in [1.807, 2.05) is 6.92 Å². The molecule has 0 aromatic heterocycles. The molecule has 4 nitrogen and oxygen atoms in total. The Balaban J connectivity index is 2.09. The predicted octanol–water partition coefficient (Wildman–Crippen LogP) is 3.07. The van der Waals surface area contributed by atoms with Crippen molar-refractivity contribution in [3.8, 4) is 6.07 Å². The Hall–Kier alpha value is -1.38. The molecule has 1 aromatic carbocycles. The Morgan fingerprint density at radius 3 is 3.05 bits per heavy atom. The number of carbonyl (C=O) groups excluding carboxylic acids is 1. The molecule has 2 atom stereocenters. The lowest BCUT2D eigenvalue weighted by atomic mass is 9.98. The van der Waals surface area contributed by atoms with E-state index in [1.54, 1.807) is 18.2 Å². The van der Waals surface area contributed by atoms with Crippen LogP contribution in [0.2, 0.25) is 0 Å². The average Bonchev–Trinajstić information content (AvgIpc) is 2.89. The van der Waals surface area contributed by atoms with Gasteiger partial charge >= 0.3 is 0 Å². The van der Waals surface area contributed by atoms with Gasteiger partial charge in [-0.1, -0.05) is 6.92 Å². The molecule has 1 heterocycles. The standard InChI is InChI=1S/C14H15BrN2O2/c1-2-13-10(5-6-19-13)14(18)17-12-4-3-9(8-16)7-11(12)15/h3-4,7,10,13H,2,5-6H2,1H3,(H,17,18). The van der Waals surface area contributed by atoms with Crippen molar-refractivity contribution in [1.29, 1.82) is 5.26 Å². The van der Waals surface area contributed by atoms with Crippen LogP contribution in [0.1, 0.15) is 25.3 Å². The first-order valence-corrected chi connectivity index (χ1v) is 7.07. The molecule has 1 saturated heterocycles. The van der Waals surface area contributed by atoms with E-state index in [-0.39, 0.29) is 17.9 Å². The van der Waals surface area contributed by atoms with Gasteiger partial charge in [-0.05, 0) is 47.0 Å². The van der Waals surface area contributed by atoms with Crippen LogP contribution in [0.3, 0.4) is 0 Å². The SMILES string of the molecule is CCC1OCCC1C(=O)Nc1ccc(C#N)cc1Br. The van der Waals surface area contributed by atoms with Crippen molar-refractivity contribution in [2.75, 3.05) is 11.9 Å². The molecule has 0 bridgehead atoms. The van der Waals surface area contributed by atoms with Gasteiger partial charge in [0.25, 0.3) is 0 Å². The van der Waals surface area contributed by atoms with Gasteiger partial charge in [0.15, 0.2) is 0 Å². The number of benzene rings is 1. The van der Waals surface area contributed by atoms with Gasteiger partial charge in [0, 0.05) is 11.1 Å². The number of amides is 1. The summed E-state index contributed by atoms with van der Waals surface area (Å²) in [5.41, 5.74) is 1.24. The maximum absolute atomic E-state index is 12.2. The molecule has 0 spiro atoms. The van der Waals surface area contributed by atoms with Crippen molar-refractivity contribution < 1.29 is 9.53 Å². The van der Waals surface area contributed by atoms with E-state index in [9.17, 15) is 4.79 Å². The van der Waals surface area contributed by atoms with Crippen molar-refractivity contribution in [3.05, 3.63) is 28.2 Å². The molecule has 1 aliphatic heterocycles. The molecular formula is C14H15BrN2O2. The van der Waals surface area contributed by atoms with E-state index in [4.69, 9.17) is 10.00 Å². The van der Waals surface area contributed by atoms with E-state index in [1.165, 1.54) is 0 Å². The minimum atomic E-state index is -0.0902. The van der Waals surface area contributed by atoms with Gasteiger partial charge in [0.1, 0.15) is 0 Å². The van der Waals surface area contributed by atoms with Crippen molar-refractivity contribution in [3.63, 3.8) is 0 Å². The molecule has 1 aliphatic rings. The first kappa shape index (κ1) is 14.0. The molecule has 1 amide bonds. The number of ether oxygens (including phenoxy) is 1. The maximum Gasteiger partial charge on any atom is 0.230 e. The zero-order chi connectivity index (χ0) is 13.8. The van der Waals surface area contributed by atoms with Crippen LogP contribution < -0.4 is 5.32 Å². The lowest BCUT2D eigenvalue weighted by Crippen LogP contribution is -2.29. The molecule has 2 unspecified atom stereocenters. The number of nitriles is 1. The molecular weight excluding hydrogens is 308 g/mol. The summed E-state index contributed by atoms with van der Waals surface area (Å²) in [6.07, 6.45) is 1.61. The fraction of sp³-hybridized carbons (Fsp3) is 0.429. The fourth-order valence-corrected chi connectivity index (χ4v) is 2.74. The summed E-state index contributed by atoms with van der Waals surface area (Å²) in [6, 6.07) is 7.17. The zero-order valence-electron chi connectivity index (χ0n) is 10.6. The number of hydrogen-bond acceptors (Lipinski definition) is 3. The molecule has 1 N–H and O–H groups in total. The van der Waals surface area contributed by atoms with Crippen molar-refractivity contribution in [2.24, 2.45) is 5.92 Å². The van der Waals surface area contributed by atoms with Crippen molar-refractivity contribution >= 4 is 27.5 Å². The van der Waals surface area contributed by atoms with Crippen LogP contribution in [-0.2, 0) is 9.53 Å². The summed E-state index contributed by atoms with van der Waals surface area (Å²) in [5, 5.41) is 11.7. The van der Waals surface area contributed by atoms with E-state index in [0.29, 0.717) is 22.3 Å². The second-order valence-corrected chi connectivity index (χ2v) is 5.36. The Kier molecular flexibility index (Phi) is 4.56. The van der Waals surface area contributed by atoms with Gasteiger partial charge in [-0.25, -0.2) is 0 Å². The highest BCUT2D eigenvalue weighted by Crippen LogP contribution is 2.28. The van der Waals surface area contributed by atoms with E-state index >= 15 is 0 Å². The van der Waals surface area contributed by atoms with Crippen LogP contribution in [0, 0.1) is 17.2 Å². The topological polar surface area (TPSA) is 62.1 Å². The summed E-state index contributed by atoms with van der Waals surface area (Å²) in [7, 11) is 0. The first-order valence-electron chi connectivity index (χ1n) is 6.27. The third-order valence-corrected chi connectivity index (χ3v) is 3.96. The molecule has 1 aromatic rings. The summed E-state index contributed by atoms with van der Waals surface area (Å²) < 4.78 is 6.24. The number of nitrogens with zero attached hydrogens (tertiary/aromatic N) is 1. The molecule has 19 heavy (non-hydrogen) atoms. The molecule has 1 fully saturated rings. The van der Waals surface area contributed by atoms with E-state index in [0.717, 1.165) is 12.8 Å². The van der Waals surface area contributed by atoms with Crippen LogP contribution in [0.15, 0.2) is 22.7 Å². The van der Waals surface area contributed by atoms with Crippen LogP contribution in [0.5, 0.6) is 0 Å². The highest BCUT2D eigenvalue weighted by atomic mass is 79.9. The summed E-state index contributed by atoms with van der Waals surface area (Å²) >= 11 is 3.36. The van der Waals surface area contributed by atoms with Gasteiger partial charge in [-0.2, -0.15) is 5.26 Å². The van der Waals surface area contributed by atoms with Crippen molar-refractivity contribution in [2.45, 2.75) is 25.9 Å². The number of rotatable bonds is 3. The lowest BCUT2D eigenvalue weighted by molar-refractivity contribution is -0.121. The maximum atomic E-state index is 12.2. The zero-order valence-corrected chi connectivity index (χ0v) is 12.2. The van der Waals surface area contributed by atoms with Crippen LogP contribution in [-0.4, -0.2) is 18.6 Å². The smallest absolute Gasteiger partial charge is 0.230 e. The average molecular weight is 323 g/mol. The van der Waals surface area contributed by atoms with E-state index < -0.39 is 0 Å². The highest BCUT2D eigenvalue weighted by molar-refractivity contribution is 9.10. The molecule has 0 radical (unpaired) electrons. The molecule has 0 saturated carbocycles. The summed E-state index contributed by atoms with van der Waals surface area (Å²) in [5.74, 6) is -0.109. The molecule has 0 aliphatic carbocycles. The minimum Gasteiger partial charge on any atom is -0.377 e. The van der Waals surface area contributed by atoms with Crippen molar-refractivity contribution in [1.82, 2.24) is 0 Å². The monoisotopic (exact) mass is 322 g/mol. The normalized spacial score (nSPS) is 21.9. The summed E-state index contributed by atoms with van der Waals surface area (Å²) in [4.78, 5) is 12.2. The van der Waals surface area contributed by atoms with Crippen LogP contribution in [0.25, 0.3) is 0 Å². The second-order valence-electron chi connectivity index (χ2n) is 4.51. The Morgan fingerprint density at radius 1 is 1.63 bits per heavy atom. The van der Waals surface area contributed by atoms with Gasteiger partial charge in [0.2, 0.25) is 5.91 Å². The Bertz CT molecular complexity index is 525. The fourth-order valence-electron chi connectivity index (χ4n) is 2.26. The van der Waals surface area contributed by atoms with E-state index in [2.05, 4.69) is 27.3 Å². The third kappa shape index (κ3) is 3.14. The molecule has 2 rings (SSSR count). The van der Waals surface area contributed by atoms with Crippen LogP contribution in [0.4, 0.5) is 5.69 Å². The Morgan fingerprint density at radius 2 is 2.42 bits per heavy atom. The second kappa shape index (κ2) is 6.18. The first-order chi connectivity index (χ1) is 9.15. The molecule has 5 heteroatoms. The van der Waals surface area contributed by atoms with Gasteiger partial charge < -0.3 is 10.1 Å². The van der Waals surface area contributed by atoms with Gasteiger partial charge in [-0.3, -0.25) is 4.79 Å². The highest BCUT2D eigenvalue weighted by Gasteiger charge is 2.32. The van der Waals surface area contributed by atoms with Gasteiger partial charge in [0.05, 0.1) is 29.3 Å². The number of anilines is 1. The largest absolute Gasteiger partial charge is 0.377 e. The minimum absolute atomic E-state index is 0.0113. The number of carbonyl (C=O) groups is 1. The lowest BCUT2D eigenvalue weighted by Gasteiger charge is -2.17. The van der Waals surface area contributed by atoms with Crippen LogP contribution >= 0.6 is 15.9 Å². The number of nitrogens with one attached hydrogen (secondary N) is 1. The number of hydrogen-bond donors (Lipinski definition) is 1. The van der Waals surface area contributed by atoms with Gasteiger partial charge in [-0.15, -0.1) is 0 Å². The summed E-state index contributed by atoms with van der Waals surface area (Å²) in [6.45, 7) is 2.67. The molecule has 100 valence electrons. The third-order valence-electron chi connectivity index (χ3n) is 3.30. The quantitative estimate of drug-likeness (QED) is 0.930. The number of halogens is 1.